The molecule has 1 N–H and O–H groups in total. The lowest BCUT2D eigenvalue weighted by Crippen LogP contribution is -2.33. The van der Waals surface area contributed by atoms with E-state index in [-0.39, 0.29) is 23.6 Å². The van der Waals surface area contributed by atoms with Gasteiger partial charge in [-0.05, 0) is 67.4 Å². The van der Waals surface area contributed by atoms with Gasteiger partial charge in [0.2, 0.25) is 0 Å². The van der Waals surface area contributed by atoms with E-state index in [4.69, 9.17) is 0 Å². The second-order valence-corrected chi connectivity index (χ2v) is 7.87. The van der Waals surface area contributed by atoms with Gasteiger partial charge in [-0.15, -0.1) is 0 Å². The molecule has 1 aromatic carbocycles. The molecule has 2 unspecified atom stereocenters. The third kappa shape index (κ3) is 5.09. The molecular formula is C24H31F2N. The van der Waals surface area contributed by atoms with Gasteiger partial charge in [0.05, 0.1) is 6.04 Å². The zero-order valence-electron chi connectivity index (χ0n) is 16.5. The molecule has 0 saturated heterocycles. The fourth-order valence-electron chi connectivity index (χ4n) is 4.22. The number of halogens is 2. The second kappa shape index (κ2) is 9.34. The van der Waals surface area contributed by atoms with Crippen molar-refractivity contribution >= 4 is 0 Å². The molecule has 0 amide bonds. The van der Waals surface area contributed by atoms with Gasteiger partial charge in [-0.2, -0.15) is 0 Å². The first-order valence-corrected chi connectivity index (χ1v) is 10.4. The Morgan fingerprint density at radius 2 is 1.96 bits per heavy atom. The third-order valence-electron chi connectivity index (χ3n) is 5.66. The first-order chi connectivity index (χ1) is 13.1. The molecule has 0 radical (unpaired) electrons. The van der Waals surface area contributed by atoms with Crippen molar-refractivity contribution in [2.75, 3.05) is 0 Å². The van der Waals surface area contributed by atoms with Gasteiger partial charge in [-0.25, -0.2) is 8.78 Å². The Bertz CT molecular complexity index is 732. The fourth-order valence-corrected chi connectivity index (χ4v) is 4.22. The molecule has 146 valence electrons. The summed E-state index contributed by atoms with van der Waals surface area (Å²) in [6.45, 7) is 4.24. The normalized spacial score (nSPS) is 25.1. The summed E-state index contributed by atoms with van der Waals surface area (Å²) in [6, 6.07) is 5.36. The minimum absolute atomic E-state index is 0.00310. The van der Waals surface area contributed by atoms with Crippen molar-refractivity contribution in [1.29, 1.82) is 0 Å². The van der Waals surface area contributed by atoms with E-state index in [1.54, 1.807) is 12.1 Å². The summed E-state index contributed by atoms with van der Waals surface area (Å²) < 4.78 is 29.0. The van der Waals surface area contributed by atoms with Crippen LogP contribution in [0, 0.1) is 11.7 Å². The Morgan fingerprint density at radius 1 is 1.11 bits per heavy atom. The average Bonchev–Trinajstić information content (AvgIpc) is 2.65. The lowest BCUT2D eigenvalue weighted by molar-refractivity contribution is 0.375. The number of aryl methyl sites for hydroxylation is 1. The van der Waals surface area contributed by atoms with Crippen molar-refractivity contribution in [1.82, 2.24) is 5.32 Å². The smallest absolute Gasteiger partial charge is 0.127 e. The quantitative estimate of drug-likeness (QED) is 0.560. The molecular weight excluding hydrogens is 340 g/mol. The molecule has 2 aliphatic rings. The van der Waals surface area contributed by atoms with Crippen LogP contribution in [-0.2, 0) is 6.42 Å². The maximum Gasteiger partial charge on any atom is 0.127 e. The predicted octanol–water partition coefficient (Wildman–Crippen LogP) is 6.73. The van der Waals surface area contributed by atoms with Gasteiger partial charge in [0.15, 0.2) is 0 Å². The van der Waals surface area contributed by atoms with E-state index in [1.807, 2.05) is 30.4 Å². The van der Waals surface area contributed by atoms with Crippen molar-refractivity contribution in [3.63, 3.8) is 0 Å². The lowest BCUT2D eigenvalue weighted by Gasteiger charge is -2.29. The van der Waals surface area contributed by atoms with Crippen LogP contribution >= 0.6 is 0 Å². The first-order valence-electron chi connectivity index (χ1n) is 10.4. The molecule has 3 atom stereocenters. The van der Waals surface area contributed by atoms with E-state index >= 15 is 0 Å². The largest absolute Gasteiger partial charge is 0.379 e. The Balaban J connectivity index is 1.64. The van der Waals surface area contributed by atoms with Gasteiger partial charge in [0.1, 0.15) is 11.6 Å². The molecule has 2 aliphatic carbocycles. The molecule has 0 heterocycles. The monoisotopic (exact) mass is 371 g/mol. The minimum atomic E-state index is -0.242. The fraction of sp³-hybridized carbons (Fsp3) is 0.500. The molecule has 0 spiro atoms. The van der Waals surface area contributed by atoms with Gasteiger partial charge in [-0.1, -0.05) is 51.0 Å². The van der Waals surface area contributed by atoms with Crippen molar-refractivity contribution in [3.8, 4) is 0 Å². The van der Waals surface area contributed by atoms with Crippen LogP contribution in [0.3, 0.4) is 0 Å². The van der Waals surface area contributed by atoms with E-state index in [9.17, 15) is 8.78 Å². The number of allylic oxidation sites excluding steroid dienone is 5. The Hall–Kier alpha value is -1.90. The number of nitrogens with one attached hydrogen (secondary N) is 1. The summed E-state index contributed by atoms with van der Waals surface area (Å²) in [5, 5.41) is 3.37. The highest BCUT2D eigenvalue weighted by atomic mass is 19.1. The molecule has 27 heavy (non-hydrogen) atoms. The minimum Gasteiger partial charge on any atom is -0.379 e. The third-order valence-corrected chi connectivity index (χ3v) is 5.66. The lowest BCUT2D eigenvalue weighted by atomic mass is 9.87. The predicted molar refractivity (Wildman–Crippen MR) is 109 cm³/mol. The van der Waals surface area contributed by atoms with E-state index in [1.165, 1.54) is 0 Å². The molecule has 0 aromatic heterocycles. The van der Waals surface area contributed by atoms with E-state index < -0.39 is 0 Å². The van der Waals surface area contributed by atoms with Crippen LogP contribution in [0.2, 0.25) is 0 Å². The second-order valence-electron chi connectivity index (χ2n) is 7.87. The summed E-state index contributed by atoms with van der Waals surface area (Å²) in [6.07, 6.45) is 14.4. The molecule has 3 rings (SSSR count). The molecule has 1 nitrogen and oxygen atoms in total. The molecule has 0 fully saturated rings. The van der Waals surface area contributed by atoms with Gasteiger partial charge in [0, 0.05) is 11.6 Å². The van der Waals surface area contributed by atoms with Crippen LogP contribution in [0.1, 0.15) is 69.4 Å². The van der Waals surface area contributed by atoms with Crippen LogP contribution in [0.4, 0.5) is 8.78 Å². The summed E-state index contributed by atoms with van der Waals surface area (Å²) >= 11 is 0. The standard InChI is InChI=1S/C24H31F2N/c1-3-6-17-10-12-21(22(25)14-17)19-8-5-9-20(16-19)27-24-13-11-18(7-4-2)15-23(24)26/h5,8-10,12,14-15,18-19,24,27H,3-4,6-7,11,13,16H2,1-2H3/t18?,19?,24-/m1/s1. The van der Waals surface area contributed by atoms with Crippen LogP contribution < -0.4 is 5.32 Å². The van der Waals surface area contributed by atoms with Crippen molar-refractivity contribution in [2.45, 2.75) is 70.8 Å². The first kappa shape index (κ1) is 19.9. The zero-order chi connectivity index (χ0) is 19.2. The molecule has 0 bridgehead atoms. The van der Waals surface area contributed by atoms with Crippen molar-refractivity contribution < 1.29 is 8.78 Å². The molecule has 0 aliphatic heterocycles. The Labute approximate surface area is 162 Å². The maximum atomic E-state index is 14.6. The van der Waals surface area contributed by atoms with Gasteiger partial charge in [0.25, 0.3) is 0 Å². The maximum absolute atomic E-state index is 14.6. The number of rotatable bonds is 7. The Kier molecular flexibility index (Phi) is 6.87. The summed E-state index contributed by atoms with van der Waals surface area (Å²) in [5.74, 6) is 0.193. The van der Waals surface area contributed by atoms with Crippen LogP contribution in [0.5, 0.6) is 0 Å². The number of hydrogen-bond donors (Lipinski definition) is 1. The van der Waals surface area contributed by atoms with Crippen LogP contribution in [0.15, 0.2) is 54.0 Å². The number of hydrogen-bond acceptors (Lipinski definition) is 1. The molecule has 3 heteroatoms. The Morgan fingerprint density at radius 3 is 2.67 bits per heavy atom. The number of benzene rings is 1. The topological polar surface area (TPSA) is 12.0 Å². The highest BCUT2D eigenvalue weighted by molar-refractivity contribution is 5.35. The highest BCUT2D eigenvalue weighted by Crippen LogP contribution is 2.32. The summed E-state index contributed by atoms with van der Waals surface area (Å²) in [4.78, 5) is 0. The van der Waals surface area contributed by atoms with Crippen LogP contribution in [-0.4, -0.2) is 6.04 Å². The van der Waals surface area contributed by atoms with Gasteiger partial charge < -0.3 is 5.32 Å². The SMILES string of the molecule is CCCc1ccc(C2C=CC=C(N[C@@H]3CCC(CCC)C=C3F)C2)c(F)c1. The van der Waals surface area contributed by atoms with Crippen molar-refractivity contribution in [2.24, 2.45) is 5.92 Å². The zero-order valence-corrected chi connectivity index (χ0v) is 16.5. The van der Waals surface area contributed by atoms with E-state index in [0.717, 1.165) is 55.3 Å². The van der Waals surface area contributed by atoms with E-state index in [2.05, 4.69) is 19.2 Å². The van der Waals surface area contributed by atoms with Crippen molar-refractivity contribution in [3.05, 3.63) is 71.0 Å². The highest BCUT2D eigenvalue weighted by Gasteiger charge is 2.25. The van der Waals surface area contributed by atoms with Gasteiger partial charge >= 0.3 is 0 Å². The average molecular weight is 372 g/mol. The molecule has 0 saturated carbocycles. The van der Waals surface area contributed by atoms with Gasteiger partial charge in [-0.3, -0.25) is 0 Å². The van der Waals surface area contributed by atoms with E-state index in [0.29, 0.717) is 12.3 Å². The van der Waals surface area contributed by atoms with Crippen LogP contribution in [0.25, 0.3) is 0 Å². The summed E-state index contributed by atoms with van der Waals surface area (Å²) in [5.41, 5.74) is 2.76. The molecule has 1 aromatic rings. The summed E-state index contributed by atoms with van der Waals surface area (Å²) in [7, 11) is 0.